The van der Waals surface area contributed by atoms with Crippen molar-refractivity contribution in [1.82, 2.24) is 20.0 Å². The Morgan fingerprint density at radius 2 is 2.10 bits per heavy atom. The Kier molecular flexibility index (Phi) is 4.29. The van der Waals surface area contributed by atoms with E-state index in [-0.39, 0.29) is 17.8 Å². The van der Waals surface area contributed by atoms with Crippen LogP contribution < -0.4 is 11.2 Å². The number of imidazole rings is 1. The molecule has 3 aliphatic rings. The normalized spacial score (nSPS) is 24.2. The van der Waals surface area contributed by atoms with Gasteiger partial charge in [-0.2, -0.15) is 5.26 Å². The van der Waals surface area contributed by atoms with Gasteiger partial charge in [-0.25, -0.2) is 10.4 Å². The number of hydrogen-bond acceptors (Lipinski definition) is 6. The number of benzene rings is 1. The maximum absolute atomic E-state index is 9.90. The number of allylic oxidation sites excluding steroid dienone is 1. The van der Waals surface area contributed by atoms with E-state index in [1.54, 1.807) is 12.5 Å². The summed E-state index contributed by atoms with van der Waals surface area (Å²) in [6.45, 7) is 2.85. The number of ether oxygens (including phenoxy) is 1. The SMILES string of the molecule is CCN1NC(C2CCC2)C2=C1OC(N)=C(C#N)C2c1ccc(-n2ccnc2)cc1. The molecule has 2 atom stereocenters. The third-order valence-corrected chi connectivity index (χ3v) is 6.28. The highest BCUT2D eigenvalue weighted by Crippen LogP contribution is 2.48. The number of aromatic nitrogens is 2. The lowest BCUT2D eigenvalue weighted by Gasteiger charge is -2.35. The van der Waals surface area contributed by atoms with Gasteiger partial charge in [-0.05, 0) is 43.4 Å². The van der Waals surface area contributed by atoms with E-state index in [0.29, 0.717) is 11.5 Å². The van der Waals surface area contributed by atoms with Crippen molar-refractivity contribution < 1.29 is 4.74 Å². The molecule has 1 fully saturated rings. The van der Waals surface area contributed by atoms with Gasteiger partial charge in [-0.3, -0.25) is 5.01 Å². The van der Waals surface area contributed by atoms with Crippen molar-refractivity contribution in [3.63, 3.8) is 0 Å². The molecule has 5 rings (SSSR count). The van der Waals surface area contributed by atoms with Gasteiger partial charge in [0.05, 0.1) is 18.3 Å². The van der Waals surface area contributed by atoms with Crippen LogP contribution in [0.3, 0.4) is 0 Å². The van der Waals surface area contributed by atoms with Crippen LogP contribution in [0.15, 0.2) is 65.9 Å². The molecule has 3 N–H and O–H groups in total. The molecule has 2 aliphatic heterocycles. The molecule has 2 aromatic rings. The van der Waals surface area contributed by atoms with Crippen LogP contribution in [0.5, 0.6) is 0 Å². The minimum absolute atomic E-state index is 0.175. The molecule has 29 heavy (non-hydrogen) atoms. The molecule has 0 saturated heterocycles. The zero-order valence-corrected chi connectivity index (χ0v) is 16.4. The largest absolute Gasteiger partial charge is 0.423 e. The van der Waals surface area contributed by atoms with E-state index < -0.39 is 0 Å². The van der Waals surface area contributed by atoms with Crippen LogP contribution in [0, 0.1) is 17.2 Å². The lowest BCUT2D eigenvalue weighted by molar-refractivity contribution is 0.119. The Hall–Kier alpha value is -3.24. The van der Waals surface area contributed by atoms with Crippen molar-refractivity contribution >= 4 is 0 Å². The van der Waals surface area contributed by atoms with Gasteiger partial charge in [0, 0.05) is 30.2 Å². The lowest BCUT2D eigenvalue weighted by atomic mass is 9.72. The van der Waals surface area contributed by atoms with Crippen molar-refractivity contribution in [2.75, 3.05) is 6.54 Å². The summed E-state index contributed by atoms with van der Waals surface area (Å²) in [5, 5.41) is 11.9. The molecule has 1 aromatic heterocycles. The number of nitrogens with zero attached hydrogens (tertiary/aromatic N) is 4. The van der Waals surface area contributed by atoms with Gasteiger partial charge in [0.2, 0.25) is 11.8 Å². The van der Waals surface area contributed by atoms with Crippen molar-refractivity contribution in [3.8, 4) is 11.8 Å². The predicted octanol–water partition coefficient (Wildman–Crippen LogP) is 2.90. The van der Waals surface area contributed by atoms with Gasteiger partial charge < -0.3 is 15.0 Å². The minimum atomic E-state index is -0.199. The number of hydrazine groups is 1. The summed E-state index contributed by atoms with van der Waals surface area (Å²) in [5.41, 5.74) is 13.5. The number of hydrogen-bond donors (Lipinski definition) is 2. The average Bonchev–Trinajstić information content (AvgIpc) is 3.34. The van der Waals surface area contributed by atoms with Gasteiger partial charge in [0.25, 0.3) is 0 Å². The van der Waals surface area contributed by atoms with E-state index >= 15 is 0 Å². The van der Waals surface area contributed by atoms with Gasteiger partial charge in [0.1, 0.15) is 11.6 Å². The number of nitrogens with one attached hydrogen (secondary N) is 1. The smallest absolute Gasteiger partial charge is 0.213 e. The van der Waals surface area contributed by atoms with Crippen LogP contribution in [-0.4, -0.2) is 27.1 Å². The molecule has 0 radical (unpaired) electrons. The summed E-state index contributed by atoms with van der Waals surface area (Å²) in [6, 6.07) is 10.8. The second-order valence-corrected chi connectivity index (χ2v) is 7.79. The highest BCUT2D eigenvalue weighted by atomic mass is 16.5. The second-order valence-electron chi connectivity index (χ2n) is 7.79. The third-order valence-electron chi connectivity index (χ3n) is 6.28. The molecule has 1 saturated carbocycles. The fourth-order valence-corrected chi connectivity index (χ4v) is 4.54. The molecular weight excluding hydrogens is 364 g/mol. The number of nitriles is 1. The summed E-state index contributed by atoms with van der Waals surface area (Å²) in [6.07, 6.45) is 9.09. The molecule has 2 unspecified atom stereocenters. The van der Waals surface area contributed by atoms with Crippen molar-refractivity contribution in [1.29, 1.82) is 5.26 Å². The molecule has 148 valence electrons. The molecule has 7 nitrogen and oxygen atoms in total. The first-order valence-electron chi connectivity index (χ1n) is 10.1. The van der Waals surface area contributed by atoms with Gasteiger partial charge in [-0.1, -0.05) is 18.6 Å². The lowest BCUT2D eigenvalue weighted by Crippen LogP contribution is -2.44. The molecule has 7 heteroatoms. The maximum atomic E-state index is 9.90. The van der Waals surface area contributed by atoms with E-state index in [9.17, 15) is 5.26 Å². The minimum Gasteiger partial charge on any atom is -0.423 e. The van der Waals surface area contributed by atoms with Crippen molar-refractivity contribution in [3.05, 3.63) is 71.5 Å². The summed E-state index contributed by atoms with van der Waals surface area (Å²) in [7, 11) is 0. The average molecular weight is 388 g/mol. The molecule has 0 amide bonds. The summed E-state index contributed by atoms with van der Waals surface area (Å²) in [4.78, 5) is 4.11. The fourth-order valence-electron chi connectivity index (χ4n) is 4.54. The highest BCUT2D eigenvalue weighted by Gasteiger charge is 2.46. The van der Waals surface area contributed by atoms with Crippen LogP contribution in [0.25, 0.3) is 5.69 Å². The first kappa shape index (κ1) is 17.8. The van der Waals surface area contributed by atoms with E-state index in [2.05, 4.69) is 47.7 Å². The van der Waals surface area contributed by atoms with E-state index in [4.69, 9.17) is 10.5 Å². The monoisotopic (exact) mass is 388 g/mol. The topological polar surface area (TPSA) is 92.1 Å². The summed E-state index contributed by atoms with van der Waals surface area (Å²) >= 11 is 0. The number of nitrogens with two attached hydrogens (primary N) is 1. The summed E-state index contributed by atoms with van der Waals surface area (Å²) < 4.78 is 7.93. The zero-order valence-electron chi connectivity index (χ0n) is 16.4. The fraction of sp³-hybridized carbons (Fsp3) is 0.364. The van der Waals surface area contributed by atoms with Crippen LogP contribution in [0.1, 0.15) is 37.7 Å². The van der Waals surface area contributed by atoms with E-state index in [0.717, 1.165) is 29.3 Å². The first-order valence-corrected chi connectivity index (χ1v) is 10.1. The van der Waals surface area contributed by atoms with Crippen LogP contribution in [-0.2, 0) is 4.74 Å². The van der Waals surface area contributed by atoms with Gasteiger partial charge >= 0.3 is 0 Å². The molecule has 0 bridgehead atoms. The second kappa shape index (κ2) is 6.98. The molecule has 1 aliphatic carbocycles. The van der Waals surface area contributed by atoms with Crippen LogP contribution in [0.2, 0.25) is 0 Å². The molecule has 0 spiro atoms. The van der Waals surface area contributed by atoms with Crippen LogP contribution in [0.4, 0.5) is 0 Å². The molecule has 3 heterocycles. The van der Waals surface area contributed by atoms with E-state index in [1.165, 1.54) is 19.3 Å². The Labute approximate surface area is 170 Å². The molecule has 1 aromatic carbocycles. The third kappa shape index (κ3) is 2.79. The predicted molar refractivity (Wildman–Crippen MR) is 108 cm³/mol. The Morgan fingerprint density at radius 1 is 1.31 bits per heavy atom. The van der Waals surface area contributed by atoms with Crippen molar-refractivity contribution in [2.45, 2.75) is 38.1 Å². The van der Waals surface area contributed by atoms with Crippen molar-refractivity contribution in [2.24, 2.45) is 11.7 Å². The Balaban J connectivity index is 1.59. The Bertz CT molecular complexity index is 1010. The summed E-state index contributed by atoms with van der Waals surface area (Å²) in [5.74, 6) is 1.33. The maximum Gasteiger partial charge on any atom is 0.213 e. The van der Waals surface area contributed by atoms with Crippen LogP contribution >= 0.6 is 0 Å². The zero-order chi connectivity index (χ0) is 20.0. The van der Waals surface area contributed by atoms with Gasteiger partial charge in [0.15, 0.2) is 0 Å². The number of rotatable bonds is 4. The quantitative estimate of drug-likeness (QED) is 0.837. The van der Waals surface area contributed by atoms with Gasteiger partial charge in [-0.15, -0.1) is 0 Å². The van der Waals surface area contributed by atoms with E-state index in [1.807, 2.05) is 15.8 Å². The standard InChI is InChI=1S/C22H24N6O/c1-2-28-22-19(20(26-28)15-4-3-5-15)18(17(12-23)21(24)29-22)14-6-8-16(9-7-14)27-11-10-25-13-27/h6-11,13,15,18,20,26H,2-5,24H2,1H3. The highest BCUT2D eigenvalue weighted by molar-refractivity contribution is 5.52. The first-order chi connectivity index (χ1) is 14.2. The molecular formula is C22H24N6O. The Morgan fingerprint density at radius 3 is 2.69 bits per heavy atom.